The van der Waals surface area contributed by atoms with Gasteiger partial charge >= 0.3 is 35.7 Å². The Morgan fingerprint density at radius 2 is 1.62 bits per heavy atom. The number of ether oxygens (including phenoxy) is 6. The molecular formula is C26H34FNO12. The van der Waals surface area contributed by atoms with Crippen molar-refractivity contribution in [2.24, 2.45) is 5.92 Å². The Kier molecular flexibility index (Phi) is 12.7. The first-order valence-corrected chi connectivity index (χ1v) is 12.1. The highest BCUT2D eigenvalue weighted by molar-refractivity contribution is 5.80. The predicted molar refractivity (Wildman–Crippen MR) is 132 cm³/mol. The first-order valence-electron chi connectivity index (χ1n) is 12.1. The Morgan fingerprint density at radius 3 is 2.08 bits per heavy atom. The molecule has 0 aromatic heterocycles. The van der Waals surface area contributed by atoms with Crippen molar-refractivity contribution in [2.45, 2.75) is 83.8 Å². The average molecular weight is 572 g/mol. The quantitative estimate of drug-likeness (QED) is 0.151. The zero-order chi connectivity index (χ0) is 30.8. The smallest absolute Gasteiger partial charge is 0.372 e. The van der Waals surface area contributed by atoms with Crippen molar-refractivity contribution in [1.82, 2.24) is 5.32 Å². The summed E-state index contributed by atoms with van der Waals surface area (Å²) in [4.78, 5) is 73.4. The summed E-state index contributed by atoms with van der Waals surface area (Å²) in [6, 6.07) is -1.55. The number of methoxy groups -OCH3 is 1. The van der Waals surface area contributed by atoms with Crippen LogP contribution < -0.4 is 5.32 Å². The van der Waals surface area contributed by atoms with Crippen LogP contribution in [0, 0.1) is 18.3 Å². The van der Waals surface area contributed by atoms with Crippen molar-refractivity contribution in [3.8, 4) is 12.3 Å². The molecule has 7 atom stereocenters. The molecule has 1 heterocycles. The molecule has 1 fully saturated rings. The number of terminal acetylenes is 1. The van der Waals surface area contributed by atoms with Gasteiger partial charge in [0.05, 0.1) is 19.1 Å². The van der Waals surface area contributed by atoms with Crippen LogP contribution in [0.15, 0.2) is 12.2 Å². The van der Waals surface area contributed by atoms with Crippen LogP contribution in [0.1, 0.15) is 47.5 Å². The highest BCUT2D eigenvalue weighted by Gasteiger charge is 2.65. The maximum Gasteiger partial charge on any atom is 0.372 e. The molecule has 1 rings (SSSR count). The first-order chi connectivity index (χ1) is 18.6. The van der Waals surface area contributed by atoms with Gasteiger partial charge in [-0.3, -0.25) is 24.0 Å². The van der Waals surface area contributed by atoms with Gasteiger partial charge in [0.1, 0.15) is 18.8 Å². The van der Waals surface area contributed by atoms with Gasteiger partial charge in [-0.1, -0.05) is 12.2 Å². The van der Waals surface area contributed by atoms with Crippen molar-refractivity contribution in [1.29, 1.82) is 0 Å². The summed E-state index contributed by atoms with van der Waals surface area (Å²) in [7, 11) is 0.873. The summed E-state index contributed by atoms with van der Waals surface area (Å²) >= 11 is 0. The van der Waals surface area contributed by atoms with Gasteiger partial charge in [0.2, 0.25) is 5.91 Å². The lowest BCUT2D eigenvalue weighted by atomic mass is 9.77. The van der Waals surface area contributed by atoms with E-state index in [-0.39, 0.29) is 18.4 Å². The third kappa shape index (κ3) is 9.04. The fourth-order valence-electron chi connectivity index (χ4n) is 4.23. The highest BCUT2D eigenvalue weighted by atomic mass is 19.2. The second-order valence-electron chi connectivity index (χ2n) is 8.94. The van der Waals surface area contributed by atoms with E-state index in [1.807, 2.05) is 0 Å². The number of amides is 1. The van der Waals surface area contributed by atoms with Gasteiger partial charge in [0, 0.05) is 40.5 Å². The Hall–Kier alpha value is -3.99. The molecule has 0 saturated carbocycles. The van der Waals surface area contributed by atoms with Gasteiger partial charge < -0.3 is 33.7 Å². The minimum Gasteiger partial charge on any atom is -0.465 e. The van der Waals surface area contributed by atoms with Crippen LogP contribution >= 0.6 is 0 Å². The number of carbonyl (C=O) groups excluding carboxylic acids is 6. The normalized spacial score (nSPS) is 25.1. The number of alkyl halides is 1. The molecule has 1 saturated heterocycles. The summed E-state index contributed by atoms with van der Waals surface area (Å²) in [6.07, 6.45) is -2.05. The van der Waals surface area contributed by atoms with Crippen LogP contribution in [0.5, 0.6) is 0 Å². The number of hydrogen-bond donors (Lipinski definition) is 1. The van der Waals surface area contributed by atoms with Gasteiger partial charge in [-0.15, -0.1) is 12.3 Å². The molecule has 0 aromatic carbocycles. The molecule has 222 valence electrons. The molecule has 7 unspecified atom stereocenters. The van der Waals surface area contributed by atoms with Gasteiger partial charge in [-0.25, -0.2) is 4.79 Å². The second-order valence-corrected chi connectivity index (χ2v) is 8.94. The lowest BCUT2D eigenvalue weighted by molar-refractivity contribution is -0.291. The topological polar surface area (TPSA) is 170 Å². The van der Waals surface area contributed by atoms with Crippen LogP contribution in [0.3, 0.4) is 0 Å². The monoisotopic (exact) mass is 571 g/mol. The number of nitrogens with one attached hydrogen (secondary N) is 1. The van der Waals surface area contributed by atoms with E-state index in [0.717, 1.165) is 34.8 Å². The largest absolute Gasteiger partial charge is 0.465 e. The number of rotatable bonds is 12. The highest BCUT2D eigenvalue weighted by Crippen LogP contribution is 2.44. The van der Waals surface area contributed by atoms with Crippen LogP contribution in [0.25, 0.3) is 0 Å². The van der Waals surface area contributed by atoms with E-state index in [4.69, 9.17) is 30.1 Å². The van der Waals surface area contributed by atoms with Gasteiger partial charge in [0.25, 0.3) is 0 Å². The Balaban J connectivity index is 3.94. The minimum absolute atomic E-state index is 0.00265. The van der Waals surface area contributed by atoms with Crippen LogP contribution in [0.4, 0.5) is 4.39 Å². The van der Waals surface area contributed by atoms with Crippen LogP contribution in [-0.4, -0.2) is 85.8 Å². The maximum atomic E-state index is 16.7. The van der Waals surface area contributed by atoms with Crippen LogP contribution in [0.2, 0.25) is 0 Å². The SMILES string of the molecule is C#CCCC(=O)NC1C(C(OC(C)=O)C(COC(C)=O)OC(C)=O)OC(F)(C(=O)OC)C(C(=C)C)C1OC(C)=O. The van der Waals surface area contributed by atoms with Crippen LogP contribution in [-0.2, 0) is 57.2 Å². The first kappa shape index (κ1) is 34.0. The Labute approximate surface area is 231 Å². The molecule has 13 nitrogen and oxygen atoms in total. The maximum absolute atomic E-state index is 16.7. The van der Waals surface area contributed by atoms with Crippen molar-refractivity contribution < 1.29 is 61.6 Å². The van der Waals surface area contributed by atoms with E-state index in [2.05, 4.69) is 22.6 Å². The molecular weight excluding hydrogens is 537 g/mol. The fraction of sp³-hybridized carbons (Fsp3) is 0.615. The summed E-state index contributed by atoms with van der Waals surface area (Å²) < 4.78 is 47.8. The van der Waals surface area contributed by atoms with E-state index in [1.54, 1.807) is 0 Å². The fourth-order valence-corrected chi connectivity index (χ4v) is 4.23. The number of carbonyl (C=O) groups is 6. The zero-order valence-electron chi connectivity index (χ0n) is 23.1. The molecule has 1 N–H and O–H groups in total. The van der Waals surface area contributed by atoms with Crippen molar-refractivity contribution in [2.75, 3.05) is 13.7 Å². The van der Waals surface area contributed by atoms with E-state index in [0.29, 0.717) is 0 Å². The average Bonchev–Trinajstić information content (AvgIpc) is 2.83. The molecule has 40 heavy (non-hydrogen) atoms. The van der Waals surface area contributed by atoms with E-state index in [9.17, 15) is 28.8 Å². The molecule has 0 bridgehead atoms. The molecule has 0 spiro atoms. The van der Waals surface area contributed by atoms with E-state index in [1.165, 1.54) is 6.92 Å². The summed E-state index contributed by atoms with van der Waals surface area (Å²) in [6.45, 7) is 8.32. The van der Waals surface area contributed by atoms with E-state index >= 15 is 4.39 Å². The molecule has 1 aliphatic rings. The number of hydrogen-bond acceptors (Lipinski definition) is 12. The van der Waals surface area contributed by atoms with Crippen molar-refractivity contribution in [3.05, 3.63) is 12.2 Å². The third-order valence-corrected chi connectivity index (χ3v) is 5.63. The molecule has 14 heteroatoms. The molecule has 0 aromatic rings. The summed E-state index contributed by atoms with van der Waals surface area (Å²) in [5, 5.41) is 2.53. The third-order valence-electron chi connectivity index (χ3n) is 5.63. The predicted octanol–water partition coefficient (Wildman–Crippen LogP) is 0.673. The van der Waals surface area contributed by atoms with Gasteiger partial charge in [-0.2, -0.15) is 4.39 Å². The molecule has 1 aliphatic heterocycles. The van der Waals surface area contributed by atoms with Gasteiger partial charge in [0.15, 0.2) is 12.2 Å². The summed E-state index contributed by atoms with van der Waals surface area (Å²) in [5.41, 5.74) is -0.0408. The van der Waals surface area contributed by atoms with Crippen molar-refractivity contribution in [3.63, 3.8) is 0 Å². The zero-order valence-corrected chi connectivity index (χ0v) is 23.1. The number of esters is 5. The lowest BCUT2D eigenvalue weighted by Crippen LogP contribution is -2.71. The Morgan fingerprint density at radius 1 is 1.02 bits per heavy atom. The molecule has 0 aliphatic carbocycles. The second kappa shape index (κ2) is 15.0. The van der Waals surface area contributed by atoms with E-state index < -0.39 is 84.6 Å². The summed E-state index contributed by atoms with van der Waals surface area (Å²) in [5.74, 6) is -8.79. The molecule has 0 radical (unpaired) electrons. The number of halogens is 1. The lowest BCUT2D eigenvalue weighted by Gasteiger charge is -2.50. The standard InChI is InChI=1S/C26H34FNO12/c1-9-10-11-19(33)28-21-23(39-17(7)32)20(13(2)3)26(27,25(34)35-8)40-24(21)22(38-16(6)31)18(37-15(5)30)12-36-14(4)29/h1,18,20-24H,2,10-12H2,3-8H3,(H,28,33). The van der Waals surface area contributed by atoms with Crippen molar-refractivity contribution >= 4 is 35.8 Å². The Bertz CT molecular complexity index is 1050. The van der Waals surface area contributed by atoms with Gasteiger partial charge in [-0.05, 0) is 6.92 Å². The molecule has 1 amide bonds. The minimum atomic E-state index is -3.41.